The molecule has 1 amide bonds. The Morgan fingerprint density at radius 1 is 1.33 bits per heavy atom. The van der Waals surface area contributed by atoms with Gasteiger partial charge in [-0.05, 0) is 37.8 Å². The molecule has 0 aromatic carbocycles. The molecular weight excluding hydrogens is 226 g/mol. The van der Waals surface area contributed by atoms with E-state index in [-0.39, 0.29) is 5.91 Å². The number of carbonyl (C=O) groups excluding carboxylic acids is 1. The van der Waals surface area contributed by atoms with Gasteiger partial charge in [0.1, 0.15) is 0 Å². The summed E-state index contributed by atoms with van der Waals surface area (Å²) in [5.74, 6) is 1.09. The second kappa shape index (κ2) is 7.74. The Balaban J connectivity index is 2.67. The Morgan fingerprint density at radius 3 is 2.56 bits per heavy atom. The number of carbonyl (C=O) groups is 1. The molecule has 18 heavy (non-hydrogen) atoms. The van der Waals surface area contributed by atoms with Crippen molar-refractivity contribution >= 4 is 5.91 Å². The van der Waals surface area contributed by atoms with Gasteiger partial charge in [-0.15, -0.1) is 0 Å². The van der Waals surface area contributed by atoms with Crippen LogP contribution in [0.4, 0.5) is 0 Å². The van der Waals surface area contributed by atoms with Crippen molar-refractivity contribution in [3.8, 4) is 0 Å². The minimum atomic E-state index is -0.231. The van der Waals surface area contributed by atoms with E-state index in [9.17, 15) is 4.79 Å². The van der Waals surface area contributed by atoms with Crippen LogP contribution >= 0.6 is 0 Å². The van der Waals surface area contributed by atoms with Crippen LogP contribution < -0.4 is 11.5 Å². The molecule has 0 spiro atoms. The van der Waals surface area contributed by atoms with E-state index in [2.05, 4.69) is 18.7 Å². The second-order valence-electron chi connectivity index (χ2n) is 5.56. The number of hydrogen-bond acceptors (Lipinski definition) is 3. The van der Waals surface area contributed by atoms with E-state index in [1.807, 2.05) is 0 Å². The van der Waals surface area contributed by atoms with E-state index in [0.29, 0.717) is 18.5 Å². The van der Waals surface area contributed by atoms with E-state index < -0.39 is 0 Å². The van der Waals surface area contributed by atoms with Crippen LogP contribution in [0, 0.1) is 11.8 Å². The van der Waals surface area contributed by atoms with Gasteiger partial charge in [-0.1, -0.05) is 33.1 Å². The van der Waals surface area contributed by atoms with Crippen molar-refractivity contribution in [2.75, 3.05) is 19.6 Å². The molecule has 0 saturated heterocycles. The quantitative estimate of drug-likeness (QED) is 0.721. The maximum Gasteiger partial charge on any atom is 0.231 e. The monoisotopic (exact) mass is 255 g/mol. The topological polar surface area (TPSA) is 72.3 Å². The molecule has 0 aromatic heterocycles. The first-order valence-electron chi connectivity index (χ1n) is 7.34. The van der Waals surface area contributed by atoms with Gasteiger partial charge in [0.2, 0.25) is 5.91 Å². The highest BCUT2D eigenvalue weighted by Crippen LogP contribution is 2.34. The van der Waals surface area contributed by atoms with Crippen LogP contribution in [0.2, 0.25) is 0 Å². The Bertz CT molecular complexity index is 257. The van der Waals surface area contributed by atoms with Gasteiger partial charge in [0, 0.05) is 6.04 Å². The van der Waals surface area contributed by atoms with Gasteiger partial charge in [0.15, 0.2) is 0 Å². The van der Waals surface area contributed by atoms with Crippen molar-refractivity contribution in [3.05, 3.63) is 0 Å². The number of nitrogens with zero attached hydrogens (tertiary/aromatic N) is 1. The van der Waals surface area contributed by atoms with Crippen LogP contribution in [0.25, 0.3) is 0 Å². The molecule has 0 aliphatic heterocycles. The number of rotatable bonds is 7. The van der Waals surface area contributed by atoms with Crippen LogP contribution in [-0.2, 0) is 4.79 Å². The molecule has 0 radical (unpaired) electrons. The lowest BCUT2D eigenvalue weighted by atomic mass is 9.76. The highest BCUT2D eigenvalue weighted by molar-refractivity contribution is 5.75. The zero-order valence-corrected chi connectivity index (χ0v) is 11.9. The smallest absolute Gasteiger partial charge is 0.231 e. The summed E-state index contributed by atoms with van der Waals surface area (Å²) in [7, 11) is 0. The highest BCUT2D eigenvalue weighted by Gasteiger charge is 2.33. The molecule has 106 valence electrons. The van der Waals surface area contributed by atoms with E-state index >= 15 is 0 Å². The summed E-state index contributed by atoms with van der Waals surface area (Å²) in [5.41, 5.74) is 11.2. The third-order valence-corrected chi connectivity index (χ3v) is 4.30. The third-order valence-electron chi connectivity index (χ3n) is 4.30. The molecule has 4 N–H and O–H groups in total. The van der Waals surface area contributed by atoms with E-state index in [1.165, 1.54) is 32.1 Å². The fraction of sp³-hybridized carbons (Fsp3) is 0.929. The summed E-state index contributed by atoms with van der Waals surface area (Å²) in [4.78, 5) is 13.4. The van der Waals surface area contributed by atoms with Crippen LogP contribution in [0.3, 0.4) is 0 Å². The zero-order chi connectivity index (χ0) is 13.5. The maximum atomic E-state index is 11.2. The summed E-state index contributed by atoms with van der Waals surface area (Å²) >= 11 is 0. The summed E-state index contributed by atoms with van der Waals surface area (Å²) in [6.07, 6.45) is 6.20. The normalized spacial score (nSPS) is 28.6. The fourth-order valence-corrected chi connectivity index (χ4v) is 3.35. The van der Waals surface area contributed by atoms with E-state index in [0.717, 1.165) is 19.0 Å². The maximum absolute atomic E-state index is 11.2. The first-order valence-corrected chi connectivity index (χ1v) is 7.34. The van der Waals surface area contributed by atoms with Gasteiger partial charge in [0.25, 0.3) is 0 Å². The lowest BCUT2D eigenvalue weighted by Crippen LogP contribution is -2.49. The number of amides is 1. The highest BCUT2D eigenvalue weighted by atomic mass is 16.1. The molecule has 1 saturated carbocycles. The van der Waals surface area contributed by atoms with E-state index in [1.54, 1.807) is 0 Å². The van der Waals surface area contributed by atoms with Gasteiger partial charge in [-0.25, -0.2) is 0 Å². The van der Waals surface area contributed by atoms with Crippen molar-refractivity contribution < 1.29 is 4.79 Å². The van der Waals surface area contributed by atoms with Crippen LogP contribution in [-0.4, -0.2) is 36.5 Å². The van der Waals surface area contributed by atoms with Gasteiger partial charge < -0.3 is 11.5 Å². The van der Waals surface area contributed by atoms with Crippen molar-refractivity contribution in [1.82, 2.24) is 4.90 Å². The minimum absolute atomic E-state index is 0.231. The molecule has 3 unspecified atom stereocenters. The van der Waals surface area contributed by atoms with Crippen molar-refractivity contribution in [3.63, 3.8) is 0 Å². The number of hydrogen-bond donors (Lipinski definition) is 2. The molecule has 1 aliphatic rings. The first kappa shape index (κ1) is 15.4. The summed E-state index contributed by atoms with van der Waals surface area (Å²) in [5, 5.41) is 0. The molecule has 1 aliphatic carbocycles. The molecule has 0 aromatic rings. The Morgan fingerprint density at radius 2 is 2.06 bits per heavy atom. The molecule has 3 atom stereocenters. The van der Waals surface area contributed by atoms with Crippen LogP contribution in [0.15, 0.2) is 0 Å². The SMILES string of the molecule is CCCC1CCC(CN)C(N(CC)CC(N)=O)C1. The summed E-state index contributed by atoms with van der Waals surface area (Å²) < 4.78 is 0. The molecule has 0 heterocycles. The Labute approximate surface area is 111 Å². The third kappa shape index (κ3) is 4.25. The predicted molar refractivity (Wildman–Crippen MR) is 75.0 cm³/mol. The molecule has 4 heteroatoms. The Hall–Kier alpha value is -0.610. The molecule has 1 rings (SSSR count). The van der Waals surface area contributed by atoms with Crippen molar-refractivity contribution in [2.24, 2.45) is 23.3 Å². The Kier molecular flexibility index (Phi) is 6.65. The number of likely N-dealkylation sites (N-methyl/N-ethyl adjacent to an activating group) is 1. The molecule has 4 nitrogen and oxygen atoms in total. The average Bonchev–Trinajstić information content (AvgIpc) is 2.36. The van der Waals surface area contributed by atoms with Crippen LogP contribution in [0.5, 0.6) is 0 Å². The molecule has 1 fully saturated rings. The number of primary amides is 1. The van der Waals surface area contributed by atoms with Gasteiger partial charge >= 0.3 is 0 Å². The molecular formula is C14H29N3O. The summed E-state index contributed by atoms with van der Waals surface area (Å²) in [6.45, 7) is 6.31. The second-order valence-corrected chi connectivity index (χ2v) is 5.56. The first-order chi connectivity index (χ1) is 8.62. The standard InChI is InChI=1S/C14H29N3O/c1-3-5-11-6-7-12(9-15)13(8-11)17(4-2)10-14(16)18/h11-13H,3-10,15H2,1-2H3,(H2,16,18). The van der Waals surface area contributed by atoms with Gasteiger partial charge in [-0.2, -0.15) is 0 Å². The van der Waals surface area contributed by atoms with Crippen molar-refractivity contribution in [2.45, 2.75) is 52.0 Å². The lowest BCUT2D eigenvalue weighted by Gasteiger charge is -2.41. The summed E-state index contributed by atoms with van der Waals surface area (Å²) in [6, 6.07) is 0.442. The number of nitrogens with two attached hydrogens (primary N) is 2. The van der Waals surface area contributed by atoms with E-state index in [4.69, 9.17) is 11.5 Å². The molecule has 0 bridgehead atoms. The lowest BCUT2D eigenvalue weighted by molar-refractivity contribution is -0.120. The predicted octanol–water partition coefficient (Wildman–Crippen LogP) is 1.34. The van der Waals surface area contributed by atoms with Crippen molar-refractivity contribution in [1.29, 1.82) is 0 Å². The van der Waals surface area contributed by atoms with Gasteiger partial charge in [-0.3, -0.25) is 9.69 Å². The van der Waals surface area contributed by atoms with Crippen LogP contribution in [0.1, 0.15) is 46.0 Å². The largest absolute Gasteiger partial charge is 0.369 e. The van der Waals surface area contributed by atoms with Gasteiger partial charge in [0.05, 0.1) is 6.54 Å². The minimum Gasteiger partial charge on any atom is -0.369 e. The fourth-order valence-electron chi connectivity index (χ4n) is 3.35. The average molecular weight is 255 g/mol. The zero-order valence-electron chi connectivity index (χ0n) is 11.9.